The summed E-state index contributed by atoms with van der Waals surface area (Å²) in [4.78, 5) is 28.1. The molecule has 1 saturated carbocycles. The zero-order valence-corrected chi connectivity index (χ0v) is 27.4. The molecule has 0 unspecified atom stereocenters. The van der Waals surface area contributed by atoms with Crippen LogP contribution in [0.15, 0.2) is 48.7 Å². The van der Waals surface area contributed by atoms with Crippen LogP contribution < -0.4 is 15.0 Å². The van der Waals surface area contributed by atoms with E-state index in [0.717, 1.165) is 107 Å². The van der Waals surface area contributed by atoms with Crippen molar-refractivity contribution in [2.45, 2.75) is 39.2 Å². The number of ether oxygens (including phenoxy) is 1. The van der Waals surface area contributed by atoms with E-state index in [1.54, 1.807) is 19.2 Å². The molecule has 2 aliphatic heterocycles. The van der Waals surface area contributed by atoms with Gasteiger partial charge in [-0.3, -0.25) is 14.6 Å². The number of rotatable bonds is 11. The van der Waals surface area contributed by atoms with Crippen molar-refractivity contribution in [3.05, 3.63) is 64.3 Å². The predicted octanol–water partition coefficient (Wildman–Crippen LogP) is 5.49. The SMILES string of the molecule is CC(=O)NCC1CCN(Cc2cc(Oc3ccc(N4CCN(CC5(CO)CC5)CC4)nc3)nc(-c3cc(Cl)cc(Cl)c3)c2)CC1. The Morgan fingerprint density at radius 2 is 1.73 bits per heavy atom. The third-order valence-corrected chi connectivity index (χ3v) is 9.70. The van der Waals surface area contributed by atoms with E-state index in [-0.39, 0.29) is 11.3 Å². The number of aromatic nitrogens is 2. The van der Waals surface area contributed by atoms with E-state index >= 15 is 0 Å². The standard InChI is InChI=1S/C34H42Cl2N6O3/c1-24(44)37-19-25-4-8-40(9-5-25)21-26-14-31(27-16-28(35)18-29(36)17-27)39-33(15-26)45-30-2-3-32(38-20-30)42-12-10-41(11-13-42)22-34(23-43)6-7-34/h2-3,14-18,20,25,43H,4-13,19,21-23H2,1H3,(H,37,44). The number of halogens is 2. The molecule has 3 aromatic rings. The lowest BCUT2D eigenvalue weighted by Crippen LogP contribution is -2.48. The molecule has 3 fully saturated rings. The number of anilines is 1. The van der Waals surface area contributed by atoms with Crippen LogP contribution in [0.4, 0.5) is 5.82 Å². The highest BCUT2D eigenvalue weighted by Gasteiger charge is 2.43. The van der Waals surface area contributed by atoms with Gasteiger partial charge < -0.3 is 20.1 Å². The van der Waals surface area contributed by atoms with Gasteiger partial charge in [0.25, 0.3) is 0 Å². The fourth-order valence-electron chi connectivity index (χ4n) is 6.34. The fourth-order valence-corrected chi connectivity index (χ4v) is 6.87. The molecule has 240 valence electrons. The van der Waals surface area contributed by atoms with Crippen molar-refractivity contribution in [3.63, 3.8) is 0 Å². The first-order valence-corrected chi connectivity index (χ1v) is 16.7. The zero-order valence-electron chi connectivity index (χ0n) is 25.9. The van der Waals surface area contributed by atoms with Crippen molar-refractivity contribution in [1.82, 2.24) is 25.1 Å². The smallest absolute Gasteiger partial charge is 0.220 e. The summed E-state index contributed by atoms with van der Waals surface area (Å²) >= 11 is 12.7. The minimum Gasteiger partial charge on any atom is -0.437 e. The van der Waals surface area contributed by atoms with Crippen LogP contribution in [0, 0.1) is 11.3 Å². The van der Waals surface area contributed by atoms with Crippen molar-refractivity contribution < 1.29 is 14.6 Å². The molecule has 0 atom stereocenters. The van der Waals surface area contributed by atoms with Gasteiger partial charge in [0.2, 0.25) is 11.8 Å². The number of pyridine rings is 2. The highest BCUT2D eigenvalue weighted by atomic mass is 35.5. The maximum absolute atomic E-state index is 11.3. The number of carbonyl (C=O) groups excluding carboxylic acids is 1. The summed E-state index contributed by atoms with van der Waals surface area (Å²) in [6, 6.07) is 13.5. The van der Waals surface area contributed by atoms with Gasteiger partial charge in [-0.2, -0.15) is 0 Å². The minimum atomic E-state index is 0.0274. The van der Waals surface area contributed by atoms with Crippen LogP contribution in [0.25, 0.3) is 11.3 Å². The molecule has 1 aromatic carbocycles. The second-order valence-electron chi connectivity index (χ2n) is 12.9. The maximum Gasteiger partial charge on any atom is 0.220 e. The average Bonchev–Trinajstić information content (AvgIpc) is 3.81. The van der Waals surface area contributed by atoms with Gasteiger partial charge in [0.05, 0.1) is 11.9 Å². The molecule has 11 heteroatoms. The lowest BCUT2D eigenvalue weighted by atomic mass is 9.96. The summed E-state index contributed by atoms with van der Waals surface area (Å²) in [5.74, 6) is 2.57. The molecular weight excluding hydrogens is 611 g/mol. The Bertz CT molecular complexity index is 1450. The Kier molecular flexibility index (Phi) is 10.1. The van der Waals surface area contributed by atoms with E-state index in [4.69, 9.17) is 37.9 Å². The van der Waals surface area contributed by atoms with E-state index in [0.29, 0.717) is 34.2 Å². The van der Waals surface area contributed by atoms with Gasteiger partial charge >= 0.3 is 0 Å². The van der Waals surface area contributed by atoms with Crippen molar-refractivity contribution >= 4 is 34.9 Å². The Balaban J connectivity index is 1.12. The van der Waals surface area contributed by atoms with Crippen molar-refractivity contribution in [3.8, 4) is 22.9 Å². The van der Waals surface area contributed by atoms with Gasteiger partial charge in [0, 0.05) is 86.4 Å². The lowest BCUT2D eigenvalue weighted by Gasteiger charge is -2.37. The van der Waals surface area contributed by atoms with Crippen LogP contribution in [0.1, 0.15) is 38.2 Å². The van der Waals surface area contributed by atoms with E-state index in [1.165, 1.54) is 0 Å². The van der Waals surface area contributed by atoms with E-state index < -0.39 is 0 Å². The summed E-state index contributed by atoms with van der Waals surface area (Å²) < 4.78 is 6.29. The van der Waals surface area contributed by atoms with E-state index in [1.807, 2.05) is 30.3 Å². The summed E-state index contributed by atoms with van der Waals surface area (Å²) in [6.45, 7) is 10.0. The normalized spacial score (nSPS) is 19.0. The third-order valence-electron chi connectivity index (χ3n) is 9.26. The lowest BCUT2D eigenvalue weighted by molar-refractivity contribution is -0.119. The third kappa shape index (κ3) is 8.65. The number of amides is 1. The van der Waals surface area contributed by atoms with Crippen molar-refractivity contribution in [2.75, 3.05) is 63.9 Å². The van der Waals surface area contributed by atoms with Crippen molar-refractivity contribution in [1.29, 1.82) is 0 Å². The first kappa shape index (κ1) is 32.0. The molecule has 9 nitrogen and oxygen atoms in total. The largest absolute Gasteiger partial charge is 0.437 e. The first-order valence-electron chi connectivity index (χ1n) is 15.9. The Labute approximate surface area is 275 Å². The van der Waals surface area contributed by atoms with Crippen LogP contribution in [0.5, 0.6) is 11.6 Å². The van der Waals surface area contributed by atoms with Crippen LogP contribution in [0.3, 0.4) is 0 Å². The molecular formula is C34H42Cl2N6O3. The molecule has 0 spiro atoms. The molecule has 2 saturated heterocycles. The summed E-state index contributed by atoms with van der Waals surface area (Å²) in [7, 11) is 0. The average molecular weight is 654 g/mol. The van der Waals surface area contributed by atoms with Crippen molar-refractivity contribution in [2.24, 2.45) is 11.3 Å². The molecule has 4 heterocycles. The predicted molar refractivity (Wildman–Crippen MR) is 178 cm³/mol. The molecule has 3 aliphatic rings. The zero-order chi connectivity index (χ0) is 31.4. The number of nitrogens with zero attached hydrogens (tertiary/aromatic N) is 5. The van der Waals surface area contributed by atoms with Gasteiger partial charge in [-0.15, -0.1) is 0 Å². The molecule has 6 rings (SSSR count). The van der Waals surface area contributed by atoms with E-state index in [2.05, 4.69) is 26.1 Å². The molecule has 0 radical (unpaired) electrons. The fraction of sp³-hybridized carbons (Fsp3) is 0.500. The molecule has 1 aliphatic carbocycles. The number of aliphatic hydroxyl groups excluding tert-OH is 1. The molecule has 45 heavy (non-hydrogen) atoms. The number of hydrogen-bond acceptors (Lipinski definition) is 8. The summed E-state index contributed by atoms with van der Waals surface area (Å²) in [5, 5.41) is 13.7. The highest BCUT2D eigenvalue weighted by Crippen LogP contribution is 2.45. The number of benzene rings is 1. The summed E-state index contributed by atoms with van der Waals surface area (Å²) in [6.07, 6.45) is 6.12. The number of piperazine rings is 1. The monoisotopic (exact) mass is 652 g/mol. The topological polar surface area (TPSA) is 94.1 Å². The summed E-state index contributed by atoms with van der Waals surface area (Å²) in [5.41, 5.74) is 2.80. The van der Waals surface area contributed by atoms with Gasteiger partial charge in [0.1, 0.15) is 11.6 Å². The molecule has 0 bridgehead atoms. The molecule has 2 aromatic heterocycles. The van der Waals surface area contributed by atoms with Gasteiger partial charge in [-0.1, -0.05) is 23.2 Å². The number of likely N-dealkylation sites (tertiary alicyclic amines) is 1. The maximum atomic E-state index is 11.3. The molecule has 1 amide bonds. The number of aliphatic hydroxyl groups is 1. The van der Waals surface area contributed by atoms with Crippen LogP contribution in [-0.4, -0.2) is 89.7 Å². The van der Waals surface area contributed by atoms with Gasteiger partial charge in [-0.25, -0.2) is 9.97 Å². The Hall–Kier alpha value is -2.95. The van der Waals surface area contributed by atoms with E-state index in [9.17, 15) is 9.90 Å². The molecule has 2 N–H and O–H groups in total. The van der Waals surface area contributed by atoms with Crippen LogP contribution >= 0.6 is 23.2 Å². The first-order chi connectivity index (χ1) is 21.8. The number of carbonyl (C=O) groups is 1. The second kappa shape index (κ2) is 14.2. The Morgan fingerprint density at radius 3 is 2.36 bits per heavy atom. The second-order valence-corrected chi connectivity index (χ2v) is 13.8. The number of piperidine rings is 1. The van der Waals surface area contributed by atoms with Crippen LogP contribution in [-0.2, 0) is 11.3 Å². The van der Waals surface area contributed by atoms with Gasteiger partial charge in [-0.05, 0) is 86.7 Å². The van der Waals surface area contributed by atoms with Crippen LogP contribution in [0.2, 0.25) is 10.0 Å². The number of hydrogen-bond donors (Lipinski definition) is 2. The number of nitrogens with one attached hydrogen (secondary N) is 1. The quantitative estimate of drug-likeness (QED) is 0.281. The minimum absolute atomic E-state index is 0.0274. The van der Waals surface area contributed by atoms with Gasteiger partial charge in [0.15, 0.2) is 0 Å². The highest BCUT2D eigenvalue weighted by molar-refractivity contribution is 6.35. The Morgan fingerprint density at radius 1 is 1.00 bits per heavy atom.